The normalized spacial score (nSPS) is 16.1. The molecule has 1 aromatic rings. The van der Waals surface area contributed by atoms with E-state index in [-0.39, 0.29) is 18.9 Å². The smallest absolute Gasteiger partial charge is 0.320 e. The molecule has 2 rings (SSSR count). The number of hydrogen-bond donors (Lipinski definition) is 4. The first-order valence-corrected chi connectivity index (χ1v) is 10.0. The van der Waals surface area contributed by atoms with Crippen LogP contribution in [-0.2, 0) is 9.59 Å². The number of piperidine rings is 1. The third kappa shape index (κ3) is 8.71. The predicted molar refractivity (Wildman–Crippen MR) is 111 cm³/mol. The number of anilines is 1. The fourth-order valence-corrected chi connectivity index (χ4v) is 3.26. The van der Waals surface area contributed by atoms with Crippen molar-refractivity contribution in [2.45, 2.75) is 64.5 Å². The highest BCUT2D eigenvalue weighted by molar-refractivity contribution is 5.74. The molecule has 1 aliphatic heterocycles. The molecule has 6 N–H and O–H groups in total. The van der Waals surface area contributed by atoms with Gasteiger partial charge in [-0.25, -0.2) is 0 Å². The number of aliphatic carboxylic acids is 2. The first kappa shape index (κ1) is 23.9. The van der Waals surface area contributed by atoms with Gasteiger partial charge in [-0.1, -0.05) is 32.0 Å². The molecule has 1 fully saturated rings. The molecular formula is C21H35N3O4. The van der Waals surface area contributed by atoms with Crippen LogP contribution in [0.4, 0.5) is 5.69 Å². The minimum Gasteiger partial charge on any atom is -0.481 e. The maximum atomic E-state index is 9.99. The van der Waals surface area contributed by atoms with Gasteiger partial charge < -0.3 is 26.6 Å². The van der Waals surface area contributed by atoms with Crippen molar-refractivity contribution in [1.82, 2.24) is 0 Å². The summed E-state index contributed by atoms with van der Waals surface area (Å²) in [4.78, 5) is 22.4. The van der Waals surface area contributed by atoms with E-state index < -0.39 is 18.0 Å². The number of rotatable bonds is 8. The first-order chi connectivity index (χ1) is 13.2. The van der Waals surface area contributed by atoms with Gasteiger partial charge in [0.1, 0.15) is 6.04 Å². The average Bonchev–Trinajstić information content (AvgIpc) is 2.66. The van der Waals surface area contributed by atoms with Gasteiger partial charge in [0.25, 0.3) is 0 Å². The van der Waals surface area contributed by atoms with Crippen molar-refractivity contribution in [1.29, 1.82) is 0 Å². The molecule has 0 spiro atoms. The monoisotopic (exact) mass is 393 g/mol. The van der Waals surface area contributed by atoms with Crippen LogP contribution in [0.15, 0.2) is 24.3 Å². The molecule has 1 saturated heterocycles. The molecule has 7 heteroatoms. The molecule has 0 amide bonds. The minimum atomic E-state index is -1.17. The van der Waals surface area contributed by atoms with E-state index in [1.807, 2.05) is 0 Å². The predicted octanol–water partition coefficient (Wildman–Crippen LogP) is 2.99. The summed E-state index contributed by atoms with van der Waals surface area (Å²) in [6.45, 7) is 6.85. The van der Waals surface area contributed by atoms with Crippen molar-refractivity contribution in [2.75, 3.05) is 18.0 Å². The molecule has 0 aliphatic carbocycles. The van der Waals surface area contributed by atoms with E-state index in [1.54, 1.807) is 0 Å². The SMILES string of the molecule is CC(C)CC(N)c1ccccc1N1CCCCC1.NC(CCC(=O)O)C(=O)O. The van der Waals surface area contributed by atoms with Crippen LogP contribution in [0.3, 0.4) is 0 Å². The Labute approximate surface area is 167 Å². The van der Waals surface area contributed by atoms with Crippen molar-refractivity contribution >= 4 is 17.6 Å². The lowest BCUT2D eigenvalue weighted by atomic mass is 9.95. The average molecular weight is 394 g/mol. The van der Waals surface area contributed by atoms with E-state index in [0.717, 1.165) is 6.42 Å². The highest BCUT2D eigenvalue weighted by atomic mass is 16.4. The molecule has 0 saturated carbocycles. The summed E-state index contributed by atoms with van der Waals surface area (Å²) in [7, 11) is 0. The van der Waals surface area contributed by atoms with E-state index in [0.29, 0.717) is 5.92 Å². The molecule has 28 heavy (non-hydrogen) atoms. The maximum absolute atomic E-state index is 9.99. The van der Waals surface area contributed by atoms with Crippen molar-refractivity contribution in [3.05, 3.63) is 29.8 Å². The summed E-state index contributed by atoms with van der Waals surface area (Å²) < 4.78 is 0. The zero-order valence-electron chi connectivity index (χ0n) is 17.0. The number of carboxylic acid groups (broad SMARTS) is 2. The highest BCUT2D eigenvalue weighted by Gasteiger charge is 2.18. The molecule has 0 radical (unpaired) electrons. The Morgan fingerprint density at radius 2 is 1.68 bits per heavy atom. The number of nitrogens with zero attached hydrogens (tertiary/aromatic N) is 1. The molecule has 1 aromatic carbocycles. The van der Waals surface area contributed by atoms with Crippen LogP contribution in [0.25, 0.3) is 0 Å². The second-order valence-corrected chi connectivity index (χ2v) is 7.72. The largest absolute Gasteiger partial charge is 0.481 e. The van der Waals surface area contributed by atoms with Crippen LogP contribution in [0.1, 0.15) is 64.0 Å². The van der Waals surface area contributed by atoms with Gasteiger partial charge in [-0.2, -0.15) is 0 Å². The van der Waals surface area contributed by atoms with E-state index in [1.165, 1.54) is 43.6 Å². The Morgan fingerprint density at radius 3 is 2.21 bits per heavy atom. The fraction of sp³-hybridized carbons (Fsp3) is 0.619. The Balaban J connectivity index is 0.000000336. The number of hydrogen-bond acceptors (Lipinski definition) is 5. The van der Waals surface area contributed by atoms with Gasteiger partial charge in [-0.05, 0) is 49.7 Å². The minimum absolute atomic E-state index is 0.0231. The number of carboxylic acids is 2. The lowest BCUT2D eigenvalue weighted by Crippen LogP contribution is -2.31. The second-order valence-electron chi connectivity index (χ2n) is 7.72. The van der Waals surface area contributed by atoms with Gasteiger partial charge in [0.15, 0.2) is 0 Å². The number of benzene rings is 1. The Bertz CT molecular complexity index is 615. The van der Waals surface area contributed by atoms with Gasteiger partial charge in [-0.15, -0.1) is 0 Å². The van der Waals surface area contributed by atoms with Crippen LogP contribution in [0, 0.1) is 5.92 Å². The van der Waals surface area contributed by atoms with E-state index in [2.05, 4.69) is 43.0 Å². The van der Waals surface area contributed by atoms with Gasteiger partial charge in [0.2, 0.25) is 0 Å². The van der Waals surface area contributed by atoms with E-state index in [4.69, 9.17) is 21.7 Å². The Morgan fingerprint density at radius 1 is 1.07 bits per heavy atom. The second kappa shape index (κ2) is 12.4. The molecule has 1 aliphatic rings. The third-order valence-corrected chi connectivity index (χ3v) is 4.74. The molecule has 158 valence electrons. The van der Waals surface area contributed by atoms with Gasteiger partial charge in [0, 0.05) is 31.2 Å². The van der Waals surface area contributed by atoms with Crippen molar-refractivity contribution in [3.63, 3.8) is 0 Å². The molecule has 2 unspecified atom stereocenters. The molecule has 1 heterocycles. The van der Waals surface area contributed by atoms with E-state index in [9.17, 15) is 9.59 Å². The zero-order valence-corrected chi connectivity index (χ0v) is 17.0. The molecule has 7 nitrogen and oxygen atoms in total. The molecular weight excluding hydrogens is 358 g/mol. The summed E-state index contributed by atoms with van der Waals surface area (Å²) in [5.41, 5.74) is 14.1. The third-order valence-electron chi connectivity index (χ3n) is 4.74. The summed E-state index contributed by atoms with van der Waals surface area (Å²) >= 11 is 0. The lowest BCUT2D eigenvalue weighted by Gasteiger charge is -2.32. The topological polar surface area (TPSA) is 130 Å². The summed E-state index contributed by atoms with van der Waals surface area (Å²) in [5, 5.41) is 16.3. The fourth-order valence-electron chi connectivity index (χ4n) is 3.26. The number of nitrogens with two attached hydrogens (primary N) is 2. The van der Waals surface area contributed by atoms with Crippen molar-refractivity contribution < 1.29 is 19.8 Å². The van der Waals surface area contributed by atoms with Gasteiger partial charge in [-0.3, -0.25) is 9.59 Å². The summed E-state index contributed by atoms with van der Waals surface area (Å²) in [6, 6.07) is 7.80. The highest BCUT2D eigenvalue weighted by Crippen LogP contribution is 2.30. The summed E-state index contributed by atoms with van der Waals surface area (Å²) in [5.74, 6) is -1.55. The lowest BCUT2D eigenvalue weighted by molar-refractivity contribution is -0.139. The number of para-hydroxylation sites is 1. The quantitative estimate of drug-likeness (QED) is 0.534. The zero-order chi connectivity index (χ0) is 21.1. The van der Waals surface area contributed by atoms with Crippen molar-refractivity contribution in [2.24, 2.45) is 17.4 Å². The van der Waals surface area contributed by atoms with Crippen LogP contribution < -0.4 is 16.4 Å². The standard InChI is InChI=1S/C16H26N2.C5H9NO4/c1-13(2)12-15(17)14-8-4-5-9-16(14)18-10-6-3-7-11-18;6-3(5(9)10)1-2-4(7)8/h4-5,8-9,13,15H,3,6-7,10-12,17H2,1-2H3;3H,1-2,6H2,(H,7,8)(H,9,10). The Hall–Kier alpha value is -2.12. The van der Waals surface area contributed by atoms with Crippen LogP contribution in [0.2, 0.25) is 0 Å². The van der Waals surface area contributed by atoms with Crippen molar-refractivity contribution in [3.8, 4) is 0 Å². The van der Waals surface area contributed by atoms with Gasteiger partial charge >= 0.3 is 11.9 Å². The molecule has 2 atom stereocenters. The molecule has 0 aromatic heterocycles. The van der Waals surface area contributed by atoms with Crippen LogP contribution in [0.5, 0.6) is 0 Å². The van der Waals surface area contributed by atoms with Crippen LogP contribution in [-0.4, -0.2) is 41.3 Å². The maximum Gasteiger partial charge on any atom is 0.320 e. The Kier molecular flexibility index (Phi) is 10.6. The van der Waals surface area contributed by atoms with E-state index >= 15 is 0 Å². The summed E-state index contributed by atoms with van der Waals surface area (Å²) in [6.07, 6.45) is 4.83. The molecule has 0 bridgehead atoms. The number of carbonyl (C=O) groups is 2. The van der Waals surface area contributed by atoms with Crippen LogP contribution >= 0.6 is 0 Å². The van der Waals surface area contributed by atoms with Gasteiger partial charge in [0.05, 0.1) is 0 Å². The first-order valence-electron chi connectivity index (χ1n) is 10.0.